The quantitative estimate of drug-likeness (QED) is 0.683. The van der Waals surface area contributed by atoms with Crippen LogP contribution in [-0.2, 0) is 7.05 Å². The van der Waals surface area contributed by atoms with E-state index in [0.717, 1.165) is 25.7 Å². The summed E-state index contributed by atoms with van der Waals surface area (Å²) < 4.78 is 17.1. The first-order valence-electron chi connectivity index (χ1n) is 10.1. The lowest BCUT2D eigenvalue weighted by Crippen LogP contribution is -2.46. The third-order valence-corrected chi connectivity index (χ3v) is 6.45. The SMILES string of the molecule is Cc1nn(-c2cccc(F)c2)cc1C(=O)N1C2CCC1CC(c1ccnn1C)C2. The predicted molar refractivity (Wildman–Crippen MR) is 106 cm³/mol. The molecule has 7 heteroatoms. The lowest BCUT2D eigenvalue weighted by atomic mass is 9.87. The number of halogens is 1. The average molecular weight is 393 g/mol. The highest BCUT2D eigenvalue weighted by Crippen LogP contribution is 2.43. The Hall–Kier alpha value is -2.96. The highest BCUT2D eigenvalue weighted by molar-refractivity contribution is 5.96. The average Bonchev–Trinajstić information content (AvgIpc) is 3.37. The van der Waals surface area contributed by atoms with Crippen LogP contribution in [0.5, 0.6) is 0 Å². The van der Waals surface area contributed by atoms with E-state index in [2.05, 4.69) is 21.2 Å². The molecule has 2 bridgehead atoms. The summed E-state index contributed by atoms with van der Waals surface area (Å²) in [6, 6.07) is 8.84. The zero-order valence-corrected chi connectivity index (χ0v) is 16.6. The molecule has 150 valence electrons. The minimum absolute atomic E-state index is 0.0427. The summed E-state index contributed by atoms with van der Waals surface area (Å²) in [7, 11) is 1.99. The van der Waals surface area contributed by atoms with Crippen molar-refractivity contribution >= 4 is 5.91 Å². The second kappa shape index (κ2) is 6.83. The van der Waals surface area contributed by atoms with Crippen LogP contribution < -0.4 is 0 Å². The number of fused-ring (bicyclic) bond motifs is 2. The Morgan fingerprint density at radius 3 is 2.59 bits per heavy atom. The van der Waals surface area contributed by atoms with Crippen molar-refractivity contribution < 1.29 is 9.18 Å². The Morgan fingerprint density at radius 1 is 1.17 bits per heavy atom. The van der Waals surface area contributed by atoms with Crippen LogP contribution in [0.2, 0.25) is 0 Å². The molecule has 3 aromatic rings. The number of aromatic nitrogens is 4. The molecule has 5 rings (SSSR count). The highest BCUT2D eigenvalue weighted by Gasteiger charge is 2.44. The van der Waals surface area contributed by atoms with Gasteiger partial charge in [0.15, 0.2) is 0 Å². The number of nitrogens with zero attached hydrogens (tertiary/aromatic N) is 5. The molecule has 1 aromatic carbocycles. The molecule has 29 heavy (non-hydrogen) atoms. The van der Waals surface area contributed by atoms with Gasteiger partial charge in [-0.05, 0) is 56.9 Å². The molecule has 0 saturated carbocycles. The first kappa shape index (κ1) is 18.1. The van der Waals surface area contributed by atoms with Crippen LogP contribution in [-0.4, -0.2) is 42.5 Å². The van der Waals surface area contributed by atoms with Gasteiger partial charge in [0.1, 0.15) is 5.82 Å². The van der Waals surface area contributed by atoms with Gasteiger partial charge in [0.2, 0.25) is 0 Å². The molecule has 0 spiro atoms. The maximum Gasteiger partial charge on any atom is 0.257 e. The summed E-state index contributed by atoms with van der Waals surface area (Å²) in [5.41, 5.74) is 3.15. The van der Waals surface area contributed by atoms with Crippen molar-refractivity contribution in [1.29, 1.82) is 0 Å². The Morgan fingerprint density at radius 2 is 1.93 bits per heavy atom. The molecule has 2 aliphatic rings. The van der Waals surface area contributed by atoms with Crippen molar-refractivity contribution in [2.75, 3.05) is 0 Å². The number of carbonyl (C=O) groups is 1. The van der Waals surface area contributed by atoms with Crippen molar-refractivity contribution in [3.8, 4) is 5.69 Å². The number of carbonyl (C=O) groups excluding carboxylic acids is 1. The smallest absolute Gasteiger partial charge is 0.257 e. The normalized spacial score (nSPS) is 23.6. The number of aryl methyl sites for hydroxylation is 2. The second-order valence-electron chi connectivity index (χ2n) is 8.20. The predicted octanol–water partition coefficient (Wildman–Crippen LogP) is 3.60. The van der Waals surface area contributed by atoms with Crippen molar-refractivity contribution in [3.05, 3.63) is 65.5 Å². The van der Waals surface area contributed by atoms with Crippen LogP contribution in [0.15, 0.2) is 42.7 Å². The van der Waals surface area contributed by atoms with E-state index in [0.29, 0.717) is 22.9 Å². The van der Waals surface area contributed by atoms with Gasteiger partial charge in [-0.15, -0.1) is 0 Å². The number of hydrogen-bond donors (Lipinski definition) is 0. The topological polar surface area (TPSA) is 56.0 Å². The molecule has 0 aliphatic carbocycles. The molecule has 0 N–H and O–H groups in total. The maximum atomic E-state index is 13.6. The Labute approximate surface area is 168 Å². The molecule has 6 nitrogen and oxygen atoms in total. The minimum atomic E-state index is -0.321. The zero-order valence-electron chi connectivity index (χ0n) is 16.6. The summed E-state index contributed by atoms with van der Waals surface area (Å²) in [6.45, 7) is 1.84. The summed E-state index contributed by atoms with van der Waals surface area (Å²) in [4.78, 5) is 15.5. The molecule has 1 amide bonds. The van der Waals surface area contributed by atoms with E-state index >= 15 is 0 Å². The largest absolute Gasteiger partial charge is 0.333 e. The van der Waals surface area contributed by atoms with Crippen molar-refractivity contribution in [2.45, 2.75) is 50.6 Å². The number of benzene rings is 1. The lowest BCUT2D eigenvalue weighted by Gasteiger charge is -2.39. The van der Waals surface area contributed by atoms with Gasteiger partial charge >= 0.3 is 0 Å². The van der Waals surface area contributed by atoms with Gasteiger partial charge in [-0.2, -0.15) is 10.2 Å². The van der Waals surface area contributed by atoms with Gasteiger partial charge in [-0.1, -0.05) is 6.07 Å². The van der Waals surface area contributed by atoms with Crippen LogP contribution >= 0.6 is 0 Å². The maximum absolute atomic E-state index is 13.6. The molecule has 2 unspecified atom stereocenters. The van der Waals surface area contributed by atoms with Gasteiger partial charge in [-0.3, -0.25) is 9.48 Å². The summed E-state index contributed by atoms with van der Waals surface area (Å²) >= 11 is 0. The summed E-state index contributed by atoms with van der Waals surface area (Å²) in [6.07, 6.45) is 7.61. The number of piperidine rings is 1. The second-order valence-corrected chi connectivity index (χ2v) is 8.20. The third-order valence-electron chi connectivity index (χ3n) is 6.45. The van der Waals surface area contributed by atoms with E-state index in [1.54, 1.807) is 23.0 Å². The Bertz CT molecular complexity index is 1060. The van der Waals surface area contributed by atoms with Gasteiger partial charge in [0.25, 0.3) is 5.91 Å². The fraction of sp³-hybridized carbons (Fsp3) is 0.409. The molecule has 2 atom stereocenters. The molecule has 4 heterocycles. The molecule has 2 saturated heterocycles. The summed E-state index contributed by atoms with van der Waals surface area (Å²) in [5, 5.41) is 8.78. The molecule has 2 aromatic heterocycles. The van der Waals surface area contributed by atoms with Crippen molar-refractivity contribution in [2.24, 2.45) is 7.05 Å². The monoisotopic (exact) mass is 393 g/mol. The molecular formula is C22H24FN5O. The summed E-state index contributed by atoms with van der Waals surface area (Å²) in [5.74, 6) is 0.167. The number of rotatable bonds is 3. The van der Waals surface area contributed by atoms with E-state index in [1.807, 2.05) is 24.9 Å². The van der Waals surface area contributed by atoms with E-state index < -0.39 is 0 Å². The molecule has 2 aliphatic heterocycles. The van der Waals surface area contributed by atoms with E-state index in [4.69, 9.17) is 0 Å². The van der Waals surface area contributed by atoms with Gasteiger partial charge in [-0.25, -0.2) is 9.07 Å². The fourth-order valence-electron chi connectivity index (χ4n) is 5.09. The standard InChI is InChI=1S/C22H24FN5O/c1-14-20(13-27(25-14)17-5-3-4-16(23)12-17)22(29)28-18-6-7-19(28)11-15(10-18)21-8-9-24-26(21)2/h3-5,8-9,12-13,15,18-19H,6-7,10-11H2,1-2H3. The van der Waals surface area contributed by atoms with Crippen LogP contribution in [0.4, 0.5) is 4.39 Å². The Balaban J connectivity index is 1.40. The van der Waals surface area contributed by atoms with E-state index in [-0.39, 0.29) is 23.8 Å². The Kier molecular flexibility index (Phi) is 4.26. The van der Waals surface area contributed by atoms with Gasteiger partial charge in [0, 0.05) is 43.1 Å². The van der Waals surface area contributed by atoms with Gasteiger partial charge in [0.05, 0.1) is 16.9 Å². The third kappa shape index (κ3) is 3.05. The lowest BCUT2D eigenvalue weighted by molar-refractivity contribution is 0.0567. The van der Waals surface area contributed by atoms with Crippen molar-refractivity contribution in [3.63, 3.8) is 0 Å². The first-order chi connectivity index (χ1) is 14.0. The molecule has 0 radical (unpaired) electrons. The van der Waals surface area contributed by atoms with Crippen LogP contribution in [0, 0.1) is 12.7 Å². The van der Waals surface area contributed by atoms with Crippen LogP contribution in [0.1, 0.15) is 53.3 Å². The van der Waals surface area contributed by atoms with E-state index in [1.165, 1.54) is 17.8 Å². The first-order valence-corrected chi connectivity index (χ1v) is 10.1. The number of amides is 1. The fourth-order valence-corrected chi connectivity index (χ4v) is 5.09. The van der Waals surface area contributed by atoms with Gasteiger partial charge < -0.3 is 4.90 Å². The molecular weight excluding hydrogens is 369 g/mol. The van der Waals surface area contributed by atoms with Crippen LogP contribution in [0.3, 0.4) is 0 Å². The highest BCUT2D eigenvalue weighted by atomic mass is 19.1. The zero-order chi connectivity index (χ0) is 20.1. The van der Waals surface area contributed by atoms with Crippen molar-refractivity contribution in [1.82, 2.24) is 24.5 Å². The van der Waals surface area contributed by atoms with E-state index in [9.17, 15) is 9.18 Å². The van der Waals surface area contributed by atoms with Crippen LogP contribution in [0.25, 0.3) is 5.69 Å². The number of hydrogen-bond acceptors (Lipinski definition) is 3. The molecule has 2 fully saturated rings. The minimum Gasteiger partial charge on any atom is -0.333 e.